The van der Waals surface area contributed by atoms with Crippen LogP contribution in [0.4, 0.5) is 13.2 Å². The average Bonchev–Trinajstić information content (AvgIpc) is 3.34. The monoisotopic (exact) mass is 547 g/mol. The van der Waals surface area contributed by atoms with E-state index >= 15 is 0 Å². The lowest BCUT2D eigenvalue weighted by Crippen LogP contribution is -2.49. The van der Waals surface area contributed by atoms with E-state index in [0.29, 0.717) is 5.52 Å². The summed E-state index contributed by atoms with van der Waals surface area (Å²) in [6.07, 6.45) is 5.61. The van der Waals surface area contributed by atoms with Gasteiger partial charge < -0.3 is 9.47 Å². The number of aromatic nitrogens is 3. The van der Waals surface area contributed by atoms with Crippen LogP contribution in [-0.4, -0.2) is 62.2 Å². The van der Waals surface area contributed by atoms with Crippen molar-refractivity contribution in [2.75, 3.05) is 31.9 Å². The standard InChI is InChI=1S/C28H36F3N5OS/c1-21(2)27(37)36-14-12-34(13-15-36)18-23-19-35(20-33-23)11-5-3-4-6-16-38-26-9-10-32-25-17-22(28(29,30)31)7-8-24(25)26/h7-10,17,19-21H,3-6,11-16,18H2,1-2H3. The predicted octanol–water partition coefficient (Wildman–Crippen LogP) is 6.10. The van der Waals surface area contributed by atoms with E-state index in [-0.39, 0.29) is 11.8 Å². The highest BCUT2D eigenvalue weighted by atomic mass is 32.2. The molecule has 206 valence electrons. The Kier molecular flexibility index (Phi) is 9.70. The first-order valence-corrected chi connectivity index (χ1v) is 14.3. The average molecular weight is 548 g/mol. The second-order valence-electron chi connectivity index (χ2n) is 10.2. The molecular weight excluding hydrogens is 511 g/mol. The van der Waals surface area contributed by atoms with Gasteiger partial charge in [0.25, 0.3) is 0 Å². The van der Waals surface area contributed by atoms with Crippen LogP contribution in [0.3, 0.4) is 0 Å². The third-order valence-corrected chi connectivity index (χ3v) is 8.01. The summed E-state index contributed by atoms with van der Waals surface area (Å²) in [5.41, 5.74) is 0.785. The number of carbonyl (C=O) groups excluding carboxylic acids is 1. The van der Waals surface area contributed by atoms with E-state index in [9.17, 15) is 18.0 Å². The van der Waals surface area contributed by atoms with Gasteiger partial charge in [-0.05, 0) is 36.8 Å². The summed E-state index contributed by atoms with van der Waals surface area (Å²) in [7, 11) is 0. The summed E-state index contributed by atoms with van der Waals surface area (Å²) in [5, 5.41) is 0.771. The van der Waals surface area contributed by atoms with Crippen LogP contribution in [-0.2, 0) is 24.1 Å². The molecule has 1 fully saturated rings. The second kappa shape index (κ2) is 13.0. The highest BCUT2D eigenvalue weighted by Gasteiger charge is 2.30. The number of imidazole rings is 1. The molecular formula is C28H36F3N5OS. The second-order valence-corrected chi connectivity index (χ2v) is 11.3. The third-order valence-electron chi connectivity index (χ3n) is 6.85. The lowest BCUT2D eigenvalue weighted by molar-refractivity contribution is -0.137. The first-order chi connectivity index (χ1) is 18.2. The van der Waals surface area contributed by atoms with Crippen molar-refractivity contribution in [1.29, 1.82) is 0 Å². The quantitative estimate of drug-likeness (QED) is 0.214. The summed E-state index contributed by atoms with van der Waals surface area (Å²) in [5.74, 6) is 1.21. The normalized spacial score (nSPS) is 15.1. The van der Waals surface area contributed by atoms with E-state index in [2.05, 4.69) is 25.6 Å². The number of fused-ring (bicyclic) bond motifs is 1. The molecule has 0 radical (unpaired) electrons. The first-order valence-electron chi connectivity index (χ1n) is 13.3. The predicted molar refractivity (Wildman–Crippen MR) is 145 cm³/mol. The maximum atomic E-state index is 13.0. The molecule has 1 aliphatic rings. The number of thioether (sulfide) groups is 1. The van der Waals surface area contributed by atoms with Crippen LogP contribution in [0, 0.1) is 5.92 Å². The van der Waals surface area contributed by atoms with Crippen molar-refractivity contribution >= 4 is 28.6 Å². The fourth-order valence-corrected chi connectivity index (χ4v) is 5.74. The number of benzene rings is 1. The van der Waals surface area contributed by atoms with E-state index in [0.717, 1.165) is 98.8 Å². The Balaban J connectivity index is 1.12. The SMILES string of the molecule is CC(C)C(=O)N1CCN(Cc2cn(CCCCCCSc3ccnc4cc(C(F)(F)F)ccc34)cn2)CC1. The molecule has 4 rings (SSSR count). The first kappa shape index (κ1) is 28.4. The zero-order valence-electron chi connectivity index (χ0n) is 22.1. The Hall–Kier alpha value is -2.59. The van der Waals surface area contributed by atoms with Crippen molar-refractivity contribution in [1.82, 2.24) is 24.3 Å². The van der Waals surface area contributed by atoms with E-state index in [1.54, 1.807) is 18.0 Å². The van der Waals surface area contributed by atoms with Gasteiger partial charge in [-0.2, -0.15) is 13.2 Å². The Morgan fingerprint density at radius 3 is 2.53 bits per heavy atom. The molecule has 3 heterocycles. The number of hydrogen-bond donors (Lipinski definition) is 0. The number of amides is 1. The molecule has 3 aromatic rings. The topological polar surface area (TPSA) is 54.3 Å². The van der Waals surface area contributed by atoms with Crippen LogP contribution in [0.15, 0.2) is 47.9 Å². The molecule has 1 aromatic carbocycles. The number of halogens is 3. The van der Waals surface area contributed by atoms with Gasteiger partial charge in [-0.1, -0.05) is 32.8 Å². The van der Waals surface area contributed by atoms with Crippen molar-refractivity contribution in [2.45, 2.75) is 63.7 Å². The number of rotatable bonds is 11. The van der Waals surface area contributed by atoms with Gasteiger partial charge in [0.05, 0.1) is 23.1 Å². The number of pyridine rings is 1. The lowest BCUT2D eigenvalue weighted by Gasteiger charge is -2.35. The van der Waals surface area contributed by atoms with Crippen LogP contribution in [0.2, 0.25) is 0 Å². The molecule has 0 atom stereocenters. The number of alkyl halides is 3. The maximum absolute atomic E-state index is 13.0. The minimum Gasteiger partial charge on any atom is -0.340 e. The van der Waals surface area contributed by atoms with Gasteiger partial charge in [-0.3, -0.25) is 14.7 Å². The number of nitrogens with zero attached hydrogens (tertiary/aromatic N) is 5. The van der Waals surface area contributed by atoms with Gasteiger partial charge in [0.2, 0.25) is 5.91 Å². The molecule has 0 saturated carbocycles. The van der Waals surface area contributed by atoms with Gasteiger partial charge >= 0.3 is 6.18 Å². The highest BCUT2D eigenvalue weighted by molar-refractivity contribution is 7.99. The molecule has 1 amide bonds. The molecule has 10 heteroatoms. The van der Waals surface area contributed by atoms with Crippen LogP contribution >= 0.6 is 11.8 Å². The van der Waals surface area contributed by atoms with Gasteiger partial charge in [0, 0.05) is 67.9 Å². The number of piperazine rings is 1. The third kappa shape index (κ3) is 7.72. The molecule has 0 aliphatic carbocycles. The summed E-state index contributed by atoms with van der Waals surface area (Å²) in [6.45, 7) is 8.98. The van der Waals surface area contributed by atoms with Crippen LogP contribution in [0.1, 0.15) is 50.8 Å². The molecule has 38 heavy (non-hydrogen) atoms. The Morgan fingerprint density at radius 1 is 1.03 bits per heavy atom. The lowest BCUT2D eigenvalue weighted by atomic mass is 10.1. The smallest absolute Gasteiger partial charge is 0.340 e. The zero-order valence-corrected chi connectivity index (χ0v) is 22.9. The molecule has 0 unspecified atom stereocenters. The summed E-state index contributed by atoms with van der Waals surface area (Å²) < 4.78 is 41.1. The summed E-state index contributed by atoms with van der Waals surface area (Å²) >= 11 is 1.68. The number of unbranched alkanes of at least 4 members (excludes halogenated alkanes) is 3. The van der Waals surface area contributed by atoms with Crippen molar-refractivity contribution in [3.05, 3.63) is 54.2 Å². The van der Waals surface area contributed by atoms with Gasteiger partial charge in [-0.25, -0.2) is 4.98 Å². The minimum atomic E-state index is -4.36. The molecule has 6 nitrogen and oxygen atoms in total. The molecule has 0 N–H and O–H groups in total. The Morgan fingerprint density at radius 2 is 1.79 bits per heavy atom. The zero-order chi connectivity index (χ0) is 27.1. The van der Waals surface area contributed by atoms with Crippen molar-refractivity contribution in [3.8, 4) is 0 Å². The molecule has 0 spiro atoms. The number of aryl methyl sites for hydroxylation is 1. The molecule has 1 aliphatic heterocycles. The summed E-state index contributed by atoms with van der Waals surface area (Å²) in [6, 6.07) is 5.66. The van der Waals surface area contributed by atoms with Crippen molar-refractivity contribution < 1.29 is 18.0 Å². The largest absolute Gasteiger partial charge is 0.416 e. The van der Waals surface area contributed by atoms with Gasteiger partial charge in [0.1, 0.15) is 0 Å². The van der Waals surface area contributed by atoms with Crippen LogP contribution in [0.5, 0.6) is 0 Å². The molecule has 2 aromatic heterocycles. The minimum absolute atomic E-state index is 0.0520. The fourth-order valence-electron chi connectivity index (χ4n) is 4.69. The Bertz CT molecular complexity index is 1200. The molecule has 1 saturated heterocycles. The van der Waals surface area contributed by atoms with Crippen LogP contribution in [0.25, 0.3) is 10.9 Å². The number of hydrogen-bond acceptors (Lipinski definition) is 5. The summed E-state index contributed by atoms with van der Waals surface area (Å²) in [4.78, 5) is 26.1. The van der Waals surface area contributed by atoms with E-state index in [4.69, 9.17) is 0 Å². The fraction of sp³-hybridized carbons (Fsp3) is 0.536. The van der Waals surface area contributed by atoms with E-state index < -0.39 is 11.7 Å². The van der Waals surface area contributed by atoms with Gasteiger partial charge in [-0.15, -0.1) is 11.8 Å². The van der Waals surface area contributed by atoms with E-state index in [1.807, 2.05) is 31.1 Å². The van der Waals surface area contributed by atoms with Gasteiger partial charge in [0.15, 0.2) is 0 Å². The number of carbonyl (C=O) groups is 1. The van der Waals surface area contributed by atoms with Crippen molar-refractivity contribution in [2.24, 2.45) is 5.92 Å². The van der Waals surface area contributed by atoms with Crippen molar-refractivity contribution in [3.63, 3.8) is 0 Å². The highest BCUT2D eigenvalue weighted by Crippen LogP contribution is 2.34. The Labute approximate surface area is 226 Å². The van der Waals surface area contributed by atoms with E-state index in [1.165, 1.54) is 6.07 Å². The van der Waals surface area contributed by atoms with Crippen LogP contribution < -0.4 is 0 Å². The molecule has 0 bridgehead atoms. The maximum Gasteiger partial charge on any atom is 0.416 e.